The first-order chi connectivity index (χ1) is 8.30. The molecule has 1 atom stereocenters. The summed E-state index contributed by atoms with van der Waals surface area (Å²) in [5.74, 6) is -0.319. The summed E-state index contributed by atoms with van der Waals surface area (Å²) in [4.78, 5) is 29.2. The molecule has 4 N–H and O–H groups in total. The molecule has 1 aromatic rings. The van der Waals surface area contributed by atoms with E-state index < -0.39 is 17.5 Å². The first-order valence-electron chi connectivity index (χ1n) is 5.60. The Morgan fingerprint density at radius 3 is 2.72 bits per heavy atom. The maximum atomic E-state index is 11.7. The lowest BCUT2D eigenvalue weighted by molar-refractivity contribution is -0.138. The standard InChI is InChI=1S/C11H18N4O3/c1-7(9-12-4-5-13-9)14-10(18)15-11(2,3)6-8(16)17/h4-5,7H,6H2,1-3H3,(H,12,13)(H,16,17)(H2,14,15,18). The van der Waals surface area contributed by atoms with E-state index in [0.717, 1.165) is 0 Å². The van der Waals surface area contributed by atoms with Crippen molar-refractivity contribution in [2.45, 2.75) is 38.8 Å². The number of nitrogens with zero attached hydrogens (tertiary/aromatic N) is 1. The molecular weight excluding hydrogens is 236 g/mol. The summed E-state index contributed by atoms with van der Waals surface area (Å²) in [6.45, 7) is 5.08. The summed E-state index contributed by atoms with van der Waals surface area (Å²) in [5, 5.41) is 14.0. The number of aromatic amines is 1. The molecule has 100 valence electrons. The molecule has 0 bridgehead atoms. The predicted molar refractivity (Wildman–Crippen MR) is 65.0 cm³/mol. The first-order valence-corrected chi connectivity index (χ1v) is 5.60. The zero-order valence-corrected chi connectivity index (χ0v) is 10.7. The van der Waals surface area contributed by atoms with Gasteiger partial charge in [0.05, 0.1) is 12.5 Å². The van der Waals surface area contributed by atoms with Crippen LogP contribution in [0.3, 0.4) is 0 Å². The number of amides is 2. The number of carbonyl (C=O) groups is 2. The highest BCUT2D eigenvalue weighted by atomic mass is 16.4. The molecule has 1 aromatic heterocycles. The van der Waals surface area contributed by atoms with Crippen LogP contribution in [0.25, 0.3) is 0 Å². The van der Waals surface area contributed by atoms with Crippen molar-refractivity contribution < 1.29 is 14.7 Å². The lowest BCUT2D eigenvalue weighted by Crippen LogP contribution is -2.49. The smallest absolute Gasteiger partial charge is 0.315 e. The number of hydrogen-bond acceptors (Lipinski definition) is 3. The highest BCUT2D eigenvalue weighted by molar-refractivity contribution is 5.76. The number of urea groups is 1. The van der Waals surface area contributed by atoms with Crippen LogP contribution >= 0.6 is 0 Å². The van der Waals surface area contributed by atoms with E-state index >= 15 is 0 Å². The number of aromatic nitrogens is 2. The van der Waals surface area contributed by atoms with Gasteiger partial charge >= 0.3 is 12.0 Å². The van der Waals surface area contributed by atoms with Gasteiger partial charge in [-0.1, -0.05) is 0 Å². The molecule has 0 fully saturated rings. The van der Waals surface area contributed by atoms with Crippen molar-refractivity contribution in [2.24, 2.45) is 0 Å². The fraction of sp³-hybridized carbons (Fsp3) is 0.545. The topological polar surface area (TPSA) is 107 Å². The zero-order valence-electron chi connectivity index (χ0n) is 10.7. The zero-order chi connectivity index (χ0) is 13.8. The Morgan fingerprint density at radius 1 is 1.56 bits per heavy atom. The van der Waals surface area contributed by atoms with Gasteiger partial charge in [-0.25, -0.2) is 9.78 Å². The molecule has 18 heavy (non-hydrogen) atoms. The van der Waals surface area contributed by atoms with Gasteiger partial charge < -0.3 is 20.7 Å². The van der Waals surface area contributed by atoms with Crippen LogP contribution in [0.4, 0.5) is 4.79 Å². The number of carboxylic acids is 1. The lowest BCUT2D eigenvalue weighted by atomic mass is 10.0. The Bertz CT molecular complexity index is 414. The second kappa shape index (κ2) is 5.52. The molecular formula is C11H18N4O3. The minimum atomic E-state index is -0.959. The molecule has 1 rings (SSSR count). The fourth-order valence-corrected chi connectivity index (χ4v) is 1.54. The van der Waals surface area contributed by atoms with Crippen LogP contribution in [0.15, 0.2) is 12.4 Å². The van der Waals surface area contributed by atoms with Gasteiger partial charge in [0.25, 0.3) is 0 Å². The molecule has 7 heteroatoms. The van der Waals surface area contributed by atoms with Crippen molar-refractivity contribution in [1.82, 2.24) is 20.6 Å². The van der Waals surface area contributed by atoms with E-state index in [1.165, 1.54) is 0 Å². The summed E-state index contributed by atoms with van der Waals surface area (Å²) in [7, 11) is 0. The van der Waals surface area contributed by atoms with Crippen LogP contribution in [-0.4, -0.2) is 32.6 Å². The average molecular weight is 254 g/mol. The Morgan fingerprint density at radius 2 is 2.22 bits per heavy atom. The Labute approximate surface area is 105 Å². The fourth-order valence-electron chi connectivity index (χ4n) is 1.54. The summed E-state index contributed by atoms with van der Waals surface area (Å²) >= 11 is 0. The number of carbonyl (C=O) groups excluding carboxylic acids is 1. The van der Waals surface area contributed by atoms with Gasteiger partial charge in [0.1, 0.15) is 5.82 Å². The lowest BCUT2D eigenvalue weighted by Gasteiger charge is -2.25. The van der Waals surface area contributed by atoms with Gasteiger partial charge in [-0.05, 0) is 20.8 Å². The SMILES string of the molecule is CC(NC(=O)NC(C)(C)CC(=O)O)c1ncc[nH]1. The quantitative estimate of drug-likeness (QED) is 0.629. The van der Waals surface area contributed by atoms with Gasteiger partial charge in [-0.15, -0.1) is 0 Å². The normalized spacial score (nSPS) is 12.8. The van der Waals surface area contributed by atoms with Crippen LogP contribution in [0.5, 0.6) is 0 Å². The summed E-state index contributed by atoms with van der Waals surface area (Å²) in [6, 6.07) is -0.703. The molecule has 0 aliphatic heterocycles. The molecule has 1 heterocycles. The number of carboxylic acid groups (broad SMARTS) is 1. The van der Waals surface area contributed by atoms with Gasteiger partial charge in [-0.2, -0.15) is 0 Å². The maximum Gasteiger partial charge on any atom is 0.315 e. The van der Waals surface area contributed by atoms with Gasteiger partial charge in [0, 0.05) is 17.9 Å². The third-order valence-corrected chi connectivity index (χ3v) is 2.32. The highest BCUT2D eigenvalue weighted by Crippen LogP contribution is 2.09. The Hall–Kier alpha value is -2.05. The van der Waals surface area contributed by atoms with Crippen LogP contribution in [-0.2, 0) is 4.79 Å². The minimum absolute atomic E-state index is 0.143. The van der Waals surface area contributed by atoms with Gasteiger partial charge in [-0.3, -0.25) is 4.79 Å². The molecule has 0 saturated carbocycles. The van der Waals surface area contributed by atoms with Crippen molar-refractivity contribution in [2.75, 3.05) is 0 Å². The number of hydrogen-bond donors (Lipinski definition) is 4. The van der Waals surface area contributed by atoms with Crippen molar-refractivity contribution in [1.29, 1.82) is 0 Å². The molecule has 0 aliphatic carbocycles. The van der Waals surface area contributed by atoms with Crippen molar-refractivity contribution >= 4 is 12.0 Å². The summed E-state index contributed by atoms with van der Waals surface area (Å²) in [6.07, 6.45) is 3.12. The number of imidazole rings is 1. The summed E-state index contributed by atoms with van der Waals surface area (Å²) in [5.41, 5.74) is -0.807. The number of aliphatic carboxylic acids is 1. The molecule has 0 aliphatic rings. The second-order valence-corrected chi connectivity index (χ2v) is 4.75. The average Bonchev–Trinajstić information content (AvgIpc) is 2.65. The van der Waals surface area contributed by atoms with Crippen LogP contribution in [0, 0.1) is 0 Å². The van der Waals surface area contributed by atoms with E-state index in [4.69, 9.17) is 5.11 Å². The van der Waals surface area contributed by atoms with E-state index in [0.29, 0.717) is 5.82 Å². The van der Waals surface area contributed by atoms with E-state index in [-0.39, 0.29) is 12.5 Å². The van der Waals surface area contributed by atoms with Crippen LogP contribution in [0.1, 0.15) is 39.1 Å². The largest absolute Gasteiger partial charge is 0.481 e. The van der Waals surface area contributed by atoms with Gasteiger partial charge in [0.15, 0.2) is 0 Å². The maximum absolute atomic E-state index is 11.7. The van der Waals surface area contributed by atoms with Crippen molar-refractivity contribution in [3.8, 4) is 0 Å². The molecule has 1 unspecified atom stereocenters. The van der Waals surface area contributed by atoms with E-state index in [1.54, 1.807) is 33.2 Å². The number of nitrogens with one attached hydrogen (secondary N) is 3. The molecule has 2 amide bonds. The van der Waals surface area contributed by atoms with E-state index in [1.807, 2.05) is 0 Å². The van der Waals surface area contributed by atoms with Crippen LogP contribution < -0.4 is 10.6 Å². The van der Waals surface area contributed by atoms with E-state index in [9.17, 15) is 9.59 Å². The monoisotopic (exact) mass is 254 g/mol. The first kappa shape index (κ1) is 14.0. The number of rotatable bonds is 5. The Balaban J connectivity index is 2.49. The van der Waals surface area contributed by atoms with E-state index in [2.05, 4.69) is 20.6 Å². The highest BCUT2D eigenvalue weighted by Gasteiger charge is 2.24. The minimum Gasteiger partial charge on any atom is -0.481 e. The van der Waals surface area contributed by atoms with Crippen molar-refractivity contribution in [3.63, 3.8) is 0 Å². The van der Waals surface area contributed by atoms with Crippen LogP contribution in [0.2, 0.25) is 0 Å². The van der Waals surface area contributed by atoms with Gasteiger partial charge in [0.2, 0.25) is 0 Å². The molecule has 0 aromatic carbocycles. The van der Waals surface area contributed by atoms with Crippen molar-refractivity contribution in [3.05, 3.63) is 18.2 Å². The predicted octanol–water partition coefficient (Wildman–Crippen LogP) is 1.02. The second-order valence-electron chi connectivity index (χ2n) is 4.75. The Kier molecular flexibility index (Phi) is 4.30. The third kappa shape index (κ3) is 4.44. The molecule has 0 saturated heterocycles. The molecule has 0 radical (unpaired) electrons. The summed E-state index contributed by atoms with van der Waals surface area (Å²) < 4.78 is 0. The third-order valence-electron chi connectivity index (χ3n) is 2.32. The molecule has 0 spiro atoms. The molecule has 7 nitrogen and oxygen atoms in total. The number of H-pyrrole nitrogens is 1.